The Morgan fingerprint density at radius 2 is 2.33 bits per heavy atom. The van der Waals surface area contributed by atoms with Gasteiger partial charge in [0.05, 0.1) is 17.6 Å². The van der Waals surface area contributed by atoms with Crippen LogP contribution in [-0.2, 0) is 27.8 Å². The van der Waals surface area contributed by atoms with Gasteiger partial charge in [-0.25, -0.2) is 4.39 Å². The van der Waals surface area contributed by atoms with Gasteiger partial charge in [0.1, 0.15) is 5.82 Å². The highest BCUT2D eigenvalue weighted by atomic mass is 32.2. The molecular weight excluding hydrogens is 253 g/mol. The molecule has 0 aromatic heterocycles. The molecule has 1 aliphatic heterocycles. The summed E-state index contributed by atoms with van der Waals surface area (Å²) in [5, 5.41) is 0. The van der Waals surface area contributed by atoms with Gasteiger partial charge >= 0.3 is 0 Å². The lowest BCUT2D eigenvalue weighted by Crippen LogP contribution is -2.17. The summed E-state index contributed by atoms with van der Waals surface area (Å²) < 4.78 is 31.0. The number of benzene rings is 1. The lowest BCUT2D eigenvalue weighted by atomic mass is 10.1. The van der Waals surface area contributed by atoms with Crippen molar-refractivity contribution in [2.24, 2.45) is 5.73 Å². The predicted octanol–water partition coefficient (Wildman–Crippen LogP) is 1.71. The standard InChI is InChI=1S/C13H18FNO2S/c14-13-4-3-10(7-15)6-11(13)8-18(16)9-12-2-1-5-17-12/h3-4,6,12H,1-2,5,7-9,15H2. The van der Waals surface area contributed by atoms with Crippen LogP contribution in [0, 0.1) is 5.82 Å². The van der Waals surface area contributed by atoms with Gasteiger partial charge in [-0.3, -0.25) is 4.21 Å². The molecule has 1 aliphatic rings. The van der Waals surface area contributed by atoms with E-state index in [0.717, 1.165) is 25.0 Å². The van der Waals surface area contributed by atoms with Gasteiger partial charge in [-0.1, -0.05) is 12.1 Å². The molecule has 0 radical (unpaired) electrons. The molecule has 1 fully saturated rings. The van der Waals surface area contributed by atoms with Crippen LogP contribution in [0.25, 0.3) is 0 Å². The van der Waals surface area contributed by atoms with Crippen molar-refractivity contribution in [1.29, 1.82) is 0 Å². The van der Waals surface area contributed by atoms with E-state index in [2.05, 4.69) is 0 Å². The van der Waals surface area contributed by atoms with E-state index < -0.39 is 10.8 Å². The summed E-state index contributed by atoms with van der Waals surface area (Å²) in [4.78, 5) is 0. The number of hydrogen-bond donors (Lipinski definition) is 1. The molecule has 1 saturated heterocycles. The van der Waals surface area contributed by atoms with Crippen molar-refractivity contribution < 1.29 is 13.3 Å². The minimum absolute atomic E-state index is 0.0755. The van der Waals surface area contributed by atoms with Gasteiger partial charge in [0, 0.05) is 29.5 Å². The van der Waals surface area contributed by atoms with Crippen molar-refractivity contribution in [3.05, 3.63) is 35.1 Å². The summed E-state index contributed by atoms with van der Waals surface area (Å²) in [5.41, 5.74) is 6.86. The zero-order valence-electron chi connectivity index (χ0n) is 10.2. The molecule has 5 heteroatoms. The zero-order valence-corrected chi connectivity index (χ0v) is 11.0. The molecule has 0 aliphatic carbocycles. The van der Waals surface area contributed by atoms with Crippen LogP contribution in [0.2, 0.25) is 0 Å². The Kier molecular flexibility index (Phi) is 4.86. The monoisotopic (exact) mass is 271 g/mol. The van der Waals surface area contributed by atoms with Gasteiger partial charge in [0.2, 0.25) is 0 Å². The Morgan fingerprint density at radius 3 is 3.00 bits per heavy atom. The average molecular weight is 271 g/mol. The van der Waals surface area contributed by atoms with Crippen LogP contribution in [0.15, 0.2) is 18.2 Å². The van der Waals surface area contributed by atoms with Crippen molar-refractivity contribution in [3.8, 4) is 0 Å². The number of rotatable bonds is 5. The lowest BCUT2D eigenvalue weighted by molar-refractivity contribution is 0.128. The first-order valence-electron chi connectivity index (χ1n) is 6.13. The summed E-state index contributed by atoms with van der Waals surface area (Å²) in [6, 6.07) is 4.74. The normalized spacial score (nSPS) is 21.1. The van der Waals surface area contributed by atoms with E-state index in [1.54, 1.807) is 12.1 Å². The van der Waals surface area contributed by atoms with Gasteiger partial charge in [0.25, 0.3) is 0 Å². The molecule has 3 nitrogen and oxygen atoms in total. The third-order valence-corrected chi connectivity index (χ3v) is 4.43. The maximum atomic E-state index is 13.6. The molecule has 2 N–H and O–H groups in total. The van der Waals surface area contributed by atoms with Crippen LogP contribution >= 0.6 is 0 Å². The molecule has 0 saturated carbocycles. The fraction of sp³-hybridized carbons (Fsp3) is 0.538. The Balaban J connectivity index is 1.97. The third-order valence-electron chi connectivity index (χ3n) is 3.06. The SMILES string of the molecule is NCc1ccc(F)c(CS(=O)CC2CCCO2)c1. The Hall–Kier alpha value is -0.780. The molecule has 0 bridgehead atoms. The number of nitrogens with two attached hydrogens (primary N) is 1. The molecule has 2 unspecified atom stereocenters. The van der Waals surface area contributed by atoms with Crippen LogP contribution in [0.3, 0.4) is 0 Å². The summed E-state index contributed by atoms with van der Waals surface area (Å²) in [5.74, 6) is 0.416. The van der Waals surface area contributed by atoms with Crippen molar-refractivity contribution in [1.82, 2.24) is 0 Å². The second kappa shape index (κ2) is 6.41. The minimum atomic E-state index is -1.09. The number of ether oxygens (including phenoxy) is 1. The minimum Gasteiger partial charge on any atom is -0.377 e. The first-order chi connectivity index (χ1) is 8.69. The van der Waals surface area contributed by atoms with Crippen LogP contribution in [0.5, 0.6) is 0 Å². The highest BCUT2D eigenvalue weighted by Gasteiger charge is 2.19. The average Bonchev–Trinajstić information content (AvgIpc) is 2.84. The second-order valence-corrected chi connectivity index (χ2v) is 6.02. The third kappa shape index (κ3) is 3.60. The largest absolute Gasteiger partial charge is 0.377 e. The van der Waals surface area contributed by atoms with E-state index in [1.165, 1.54) is 6.07 Å². The van der Waals surface area contributed by atoms with E-state index in [-0.39, 0.29) is 17.7 Å². The Bertz CT molecular complexity index is 433. The molecule has 18 heavy (non-hydrogen) atoms. The second-order valence-electron chi connectivity index (χ2n) is 4.52. The summed E-state index contributed by atoms with van der Waals surface area (Å²) in [7, 11) is -1.09. The van der Waals surface area contributed by atoms with Gasteiger partial charge < -0.3 is 10.5 Å². The van der Waals surface area contributed by atoms with Crippen molar-refractivity contribution in [2.75, 3.05) is 12.4 Å². The first kappa shape index (κ1) is 13.6. The van der Waals surface area contributed by atoms with Gasteiger partial charge in [-0.2, -0.15) is 0 Å². The summed E-state index contributed by atoms with van der Waals surface area (Å²) in [6.07, 6.45) is 2.06. The molecule has 2 atom stereocenters. The Labute approximate surface area is 109 Å². The fourth-order valence-corrected chi connectivity index (χ4v) is 3.44. The predicted molar refractivity (Wildman–Crippen MR) is 70.0 cm³/mol. The molecule has 1 aromatic rings. The highest BCUT2D eigenvalue weighted by Crippen LogP contribution is 2.17. The van der Waals surface area contributed by atoms with E-state index >= 15 is 0 Å². The van der Waals surface area contributed by atoms with Crippen LogP contribution in [0.4, 0.5) is 4.39 Å². The van der Waals surface area contributed by atoms with Crippen molar-refractivity contribution >= 4 is 10.8 Å². The van der Waals surface area contributed by atoms with E-state index in [0.29, 0.717) is 17.9 Å². The zero-order chi connectivity index (χ0) is 13.0. The van der Waals surface area contributed by atoms with Gasteiger partial charge in [-0.05, 0) is 24.5 Å². The van der Waals surface area contributed by atoms with E-state index in [4.69, 9.17) is 10.5 Å². The first-order valence-corrected chi connectivity index (χ1v) is 7.62. The molecule has 1 heterocycles. The highest BCUT2D eigenvalue weighted by molar-refractivity contribution is 7.84. The maximum absolute atomic E-state index is 13.6. The quantitative estimate of drug-likeness (QED) is 0.887. The number of halogens is 1. The molecule has 1 aromatic carbocycles. The maximum Gasteiger partial charge on any atom is 0.127 e. The molecule has 0 spiro atoms. The van der Waals surface area contributed by atoms with Gasteiger partial charge in [0.15, 0.2) is 0 Å². The van der Waals surface area contributed by atoms with Crippen molar-refractivity contribution in [3.63, 3.8) is 0 Å². The van der Waals surface area contributed by atoms with Gasteiger partial charge in [-0.15, -0.1) is 0 Å². The lowest BCUT2D eigenvalue weighted by Gasteiger charge is -2.10. The molecule has 0 amide bonds. The Morgan fingerprint density at radius 1 is 1.50 bits per heavy atom. The van der Waals surface area contributed by atoms with Crippen LogP contribution in [0.1, 0.15) is 24.0 Å². The molecular formula is C13H18FNO2S. The molecule has 100 valence electrons. The van der Waals surface area contributed by atoms with E-state index in [1.807, 2.05) is 0 Å². The number of hydrogen-bond acceptors (Lipinski definition) is 3. The van der Waals surface area contributed by atoms with E-state index in [9.17, 15) is 8.60 Å². The van der Waals surface area contributed by atoms with Crippen molar-refractivity contribution in [2.45, 2.75) is 31.2 Å². The fourth-order valence-electron chi connectivity index (χ4n) is 2.08. The van der Waals surface area contributed by atoms with Crippen LogP contribution in [-0.4, -0.2) is 22.7 Å². The topological polar surface area (TPSA) is 52.3 Å². The smallest absolute Gasteiger partial charge is 0.127 e. The molecule has 2 rings (SSSR count). The summed E-state index contributed by atoms with van der Waals surface area (Å²) in [6.45, 7) is 1.12. The van der Waals surface area contributed by atoms with Crippen LogP contribution < -0.4 is 5.73 Å². The summed E-state index contributed by atoms with van der Waals surface area (Å²) >= 11 is 0.